The molecule has 1 atom stereocenters. The first kappa shape index (κ1) is 17.7. The number of amides is 3. The minimum Gasteiger partial charge on any atom is -0.352 e. The molecular formula is C16H26N4O2S. The van der Waals surface area contributed by atoms with Crippen molar-refractivity contribution >= 4 is 23.3 Å². The lowest BCUT2D eigenvalue weighted by Gasteiger charge is -2.36. The number of nitrogens with zero attached hydrogens (tertiary/aromatic N) is 2. The Bertz CT molecular complexity index is 510. The quantitative estimate of drug-likeness (QED) is 0.828. The van der Waals surface area contributed by atoms with Gasteiger partial charge in [0.1, 0.15) is 0 Å². The van der Waals surface area contributed by atoms with Gasteiger partial charge in [-0.2, -0.15) is 0 Å². The topological polar surface area (TPSA) is 78.7 Å². The molecule has 0 aliphatic carbocycles. The summed E-state index contributed by atoms with van der Waals surface area (Å²) in [6.07, 6.45) is 0.258. The molecule has 2 heterocycles. The second-order valence-electron chi connectivity index (χ2n) is 6.36. The van der Waals surface area contributed by atoms with Crippen molar-refractivity contribution in [3.8, 4) is 0 Å². The zero-order chi connectivity index (χ0) is 16.8. The van der Waals surface area contributed by atoms with Gasteiger partial charge in [0.15, 0.2) is 0 Å². The summed E-state index contributed by atoms with van der Waals surface area (Å²) in [4.78, 5) is 29.0. The van der Waals surface area contributed by atoms with E-state index in [-0.39, 0.29) is 18.4 Å². The molecule has 1 fully saturated rings. The number of carbonyl (C=O) groups is 2. The van der Waals surface area contributed by atoms with E-state index in [4.69, 9.17) is 5.73 Å². The van der Waals surface area contributed by atoms with Gasteiger partial charge in [0.2, 0.25) is 5.91 Å². The molecule has 2 rings (SSSR count). The number of thiophene rings is 1. The maximum absolute atomic E-state index is 12.5. The molecule has 1 aliphatic heterocycles. The molecule has 23 heavy (non-hydrogen) atoms. The third-order valence-electron chi connectivity index (χ3n) is 3.93. The Balaban J connectivity index is 1.88. The number of piperazine rings is 1. The highest BCUT2D eigenvalue weighted by atomic mass is 32.1. The van der Waals surface area contributed by atoms with Crippen molar-refractivity contribution in [3.63, 3.8) is 0 Å². The van der Waals surface area contributed by atoms with Crippen LogP contribution in [0.1, 0.15) is 31.2 Å². The fourth-order valence-corrected chi connectivity index (χ4v) is 3.66. The van der Waals surface area contributed by atoms with Gasteiger partial charge in [0, 0.05) is 37.6 Å². The summed E-state index contributed by atoms with van der Waals surface area (Å²) < 4.78 is 0. The molecule has 1 aromatic heterocycles. The highest BCUT2D eigenvalue weighted by Gasteiger charge is 2.25. The van der Waals surface area contributed by atoms with Crippen LogP contribution in [0.25, 0.3) is 0 Å². The lowest BCUT2D eigenvalue weighted by Crippen LogP contribution is -2.50. The van der Waals surface area contributed by atoms with Crippen LogP contribution in [0.4, 0.5) is 4.79 Å². The standard InChI is InChI=1S/C16H26N4O2S/c1-12(2)11-19-5-7-20(8-6-19)15(21)10-13(18-16(17)22)14-4-3-9-23-14/h3-4,9,12-13H,5-8,10-11H2,1-2H3,(H3,17,18,22). The van der Waals surface area contributed by atoms with Crippen molar-refractivity contribution in [2.45, 2.75) is 26.3 Å². The van der Waals surface area contributed by atoms with Gasteiger partial charge < -0.3 is 16.0 Å². The molecule has 3 amide bonds. The molecule has 1 aliphatic rings. The van der Waals surface area contributed by atoms with Crippen LogP contribution in [-0.4, -0.2) is 54.5 Å². The molecule has 0 aromatic carbocycles. The summed E-state index contributed by atoms with van der Waals surface area (Å²) in [5.41, 5.74) is 5.24. The van der Waals surface area contributed by atoms with Gasteiger partial charge in [0.05, 0.1) is 12.5 Å². The van der Waals surface area contributed by atoms with E-state index >= 15 is 0 Å². The van der Waals surface area contributed by atoms with Gasteiger partial charge in [-0.25, -0.2) is 4.79 Å². The van der Waals surface area contributed by atoms with Gasteiger partial charge in [-0.3, -0.25) is 9.69 Å². The number of rotatable bonds is 6. The Morgan fingerprint density at radius 3 is 2.52 bits per heavy atom. The molecule has 7 heteroatoms. The Hall–Kier alpha value is -1.60. The van der Waals surface area contributed by atoms with Crippen molar-refractivity contribution in [3.05, 3.63) is 22.4 Å². The number of nitrogens with one attached hydrogen (secondary N) is 1. The Morgan fingerprint density at radius 1 is 1.30 bits per heavy atom. The van der Waals surface area contributed by atoms with Gasteiger partial charge in [0.25, 0.3) is 0 Å². The van der Waals surface area contributed by atoms with E-state index in [1.165, 1.54) is 11.3 Å². The van der Waals surface area contributed by atoms with Crippen LogP contribution in [0.2, 0.25) is 0 Å². The first-order chi connectivity index (χ1) is 11.0. The van der Waals surface area contributed by atoms with Crippen LogP contribution >= 0.6 is 11.3 Å². The predicted molar refractivity (Wildman–Crippen MR) is 92.3 cm³/mol. The molecule has 0 spiro atoms. The average Bonchev–Trinajstić information content (AvgIpc) is 3.00. The van der Waals surface area contributed by atoms with E-state index in [1.54, 1.807) is 0 Å². The van der Waals surface area contributed by atoms with Crippen molar-refractivity contribution in [2.24, 2.45) is 11.7 Å². The molecular weight excluding hydrogens is 312 g/mol. The third-order valence-corrected chi connectivity index (χ3v) is 4.92. The van der Waals surface area contributed by atoms with Crippen LogP contribution in [0.3, 0.4) is 0 Å². The minimum atomic E-state index is -0.599. The number of nitrogens with two attached hydrogens (primary N) is 1. The normalized spacial score (nSPS) is 17.3. The fraction of sp³-hybridized carbons (Fsp3) is 0.625. The monoisotopic (exact) mass is 338 g/mol. The first-order valence-electron chi connectivity index (χ1n) is 8.05. The Kier molecular flexibility index (Phi) is 6.41. The van der Waals surface area contributed by atoms with E-state index in [0.717, 1.165) is 37.6 Å². The predicted octanol–water partition coefficient (Wildman–Crippen LogP) is 1.65. The van der Waals surface area contributed by atoms with Crippen LogP contribution in [0.5, 0.6) is 0 Å². The van der Waals surface area contributed by atoms with Gasteiger partial charge in [-0.05, 0) is 17.4 Å². The maximum Gasteiger partial charge on any atom is 0.312 e. The first-order valence-corrected chi connectivity index (χ1v) is 8.93. The molecule has 0 radical (unpaired) electrons. The van der Waals surface area contributed by atoms with Crippen molar-refractivity contribution in [1.82, 2.24) is 15.1 Å². The van der Waals surface area contributed by atoms with Crippen LogP contribution < -0.4 is 11.1 Å². The zero-order valence-electron chi connectivity index (χ0n) is 13.8. The molecule has 0 saturated carbocycles. The number of carbonyl (C=O) groups excluding carboxylic acids is 2. The lowest BCUT2D eigenvalue weighted by atomic mass is 10.1. The maximum atomic E-state index is 12.5. The molecule has 6 nitrogen and oxygen atoms in total. The summed E-state index contributed by atoms with van der Waals surface area (Å²) in [7, 11) is 0. The van der Waals surface area contributed by atoms with Crippen LogP contribution in [0.15, 0.2) is 17.5 Å². The summed E-state index contributed by atoms with van der Waals surface area (Å²) in [5, 5.41) is 4.61. The average molecular weight is 338 g/mol. The SMILES string of the molecule is CC(C)CN1CCN(C(=O)CC(NC(N)=O)c2cccs2)CC1. The van der Waals surface area contributed by atoms with E-state index in [9.17, 15) is 9.59 Å². The second kappa shape index (κ2) is 8.31. The smallest absolute Gasteiger partial charge is 0.312 e. The van der Waals surface area contributed by atoms with Gasteiger partial charge >= 0.3 is 6.03 Å². The highest BCUT2D eigenvalue weighted by Crippen LogP contribution is 2.23. The number of primary amides is 1. The summed E-state index contributed by atoms with van der Waals surface area (Å²) in [6, 6.07) is 2.89. The van der Waals surface area contributed by atoms with Crippen molar-refractivity contribution < 1.29 is 9.59 Å². The van der Waals surface area contributed by atoms with Gasteiger partial charge in [-0.1, -0.05) is 19.9 Å². The summed E-state index contributed by atoms with van der Waals surface area (Å²) in [6.45, 7) is 8.81. The largest absolute Gasteiger partial charge is 0.352 e. The number of hydrogen-bond acceptors (Lipinski definition) is 4. The minimum absolute atomic E-state index is 0.0707. The molecule has 1 aromatic rings. The third kappa shape index (κ3) is 5.51. The number of urea groups is 1. The Morgan fingerprint density at radius 2 is 2.00 bits per heavy atom. The lowest BCUT2D eigenvalue weighted by molar-refractivity contribution is -0.133. The summed E-state index contributed by atoms with van der Waals surface area (Å²) in [5.74, 6) is 0.710. The van der Waals surface area contributed by atoms with Crippen LogP contribution in [-0.2, 0) is 4.79 Å². The van der Waals surface area contributed by atoms with Gasteiger partial charge in [-0.15, -0.1) is 11.3 Å². The van der Waals surface area contributed by atoms with E-state index < -0.39 is 6.03 Å². The van der Waals surface area contributed by atoms with Crippen molar-refractivity contribution in [2.75, 3.05) is 32.7 Å². The number of hydrogen-bond donors (Lipinski definition) is 2. The summed E-state index contributed by atoms with van der Waals surface area (Å²) >= 11 is 1.52. The zero-order valence-corrected chi connectivity index (χ0v) is 14.6. The van der Waals surface area contributed by atoms with E-state index in [1.807, 2.05) is 22.4 Å². The molecule has 0 bridgehead atoms. The van der Waals surface area contributed by atoms with E-state index in [0.29, 0.717) is 5.92 Å². The van der Waals surface area contributed by atoms with E-state index in [2.05, 4.69) is 24.1 Å². The fourth-order valence-electron chi connectivity index (χ4n) is 2.88. The molecule has 1 unspecified atom stereocenters. The molecule has 128 valence electrons. The Labute approximate surface area is 141 Å². The second-order valence-corrected chi connectivity index (χ2v) is 7.34. The van der Waals surface area contributed by atoms with Crippen molar-refractivity contribution in [1.29, 1.82) is 0 Å². The van der Waals surface area contributed by atoms with Crippen LogP contribution in [0, 0.1) is 5.92 Å². The highest BCUT2D eigenvalue weighted by molar-refractivity contribution is 7.10. The molecule has 3 N–H and O–H groups in total. The molecule has 1 saturated heterocycles.